The van der Waals surface area contributed by atoms with Crippen molar-refractivity contribution in [1.82, 2.24) is 28.7 Å². The fraction of sp³-hybridized carbons (Fsp3) is 0.400. The lowest BCUT2D eigenvalue weighted by atomic mass is 9.98. The number of fused-ring (bicyclic) bond motifs is 3. The average molecular weight is 637 g/mol. The molecule has 0 bridgehead atoms. The number of aromatic amines is 1. The van der Waals surface area contributed by atoms with Crippen LogP contribution in [0.1, 0.15) is 35.2 Å². The van der Waals surface area contributed by atoms with E-state index in [9.17, 15) is 14.7 Å². The summed E-state index contributed by atoms with van der Waals surface area (Å²) in [7, 11) is 1.97. The maximum absolute atomic E-state index is 13.8. The zero-order chi connectivity index (χ0) is 32.1. The molecule has 4 aromatic rings. The minimum atomic E-state index is -0.435. The molecule has 12 heteroatoms. The molecule has 12 nitrogen and oxygen atoms in total. The molecule has 0 spiro atoms. The largest absolute Gasteiger partial charge is 0.392 e. The third-order valence-electron chi connectivity index (χ3n) is 9.99. The van der Waals surface area contributed by atoms with E-state index < -0.39 is 12.2 Å². The number of rotatable bonds is 7. The van der Waals surface area contributed by atoms with Crippen LogP contribution in [0, 0.1) is 0 Å². The van der Waals surface area contributed by atoms with E-state index in [-0.39, 0.29) is 11.2 Å². The fourth-order valence-electron chi connectivity index (χ4n) is 7.43. The van der Waals surface area contributed by atoms with Gasteiger partial charge >= 0.3 is 0 Å². The van der Waals surface area contributed by atoms with E-state index in [1.165, 1.54) is 15.8 Å². The lowest BCUT2D eigenvalue weighted by Crippen LogP contribution is -2.56. The van der Waals surface area contributed by atoms with E-state index >= 15 is 0 Å². The van der Waals surface area contributed by atoms with Crippen molar-refractivity contribution in [1.29, 1.82) is 0 Å². The van der Waals surface area contributed by atoms with Crippen LogP contribution in [0.2, 0.25) is 0 Å². The number of aromatic nitrogens is 4. The molecule has 0 radical (unpaired) electrons. The highest BCUT2D eigenvalue weighted by Crippen LogP contribution is 2.29. The van der Waals surface area contributed by atoms with Crippen LogP contribution in [0.5, 0.6) is 0 Å². The van der Waals surface area contributed by atoms with Crippen LogP contribution in [0.25, 0.3) is 16.8 Å². The highest BCUT2D eigenvalue weighted by atomic mass is 16.5. The summed E-state index contributed by atoms with van der Waals surface area (Å²) in [6.07, 6.45) is 15.1. The van der Waals surface area contributed by atoms with Gasteiger partial charge in [0.2, 0.25) is 0 Å². The van der Waals surface area contributed by atoms with E-state index in [4.69, 9.17) is 9.72 Å². The molecule has 0 unspecified atom stereocenters. The van der Waals surface area contributed by atoms with E-state index in [0.29, 0.717) is 29.2 Å². The predicted octanol–water partition coefficient (Wildman–Crippen LogP) is 2.35. The summed E-state index contributed by atoms with van der Waals surface area (Å²) in [5, 5.41) is 14.1. The van der Waals surface area contributed by atoms with Gasteiger partial charge in [-0.2, -0.15) is 0 Å². The Balaban J connectivity index is 1.05. The van der Waals surface area contributed by atoms with Crippen LogP contribution in [0.3, 0.4) is 0 Å². The van der Waals surface area contributed by atoms with E-state index in [1.807, 2.05) is 53.2 Å². The number of allylic oxidation sites excluding steroid dienone is 2. The molecule has 8 rings (SSSR count). The second kappa shape index (κ2) is 12.2. The van der Waals surface area contributed by atoms with Crippen LogP contribution in [0.4, 0.5) is 11.5 Å². The number of pyridine rings is 2. The molecule has 4 aliphatic rings. The number of nitrogens with zero attached hydrogens (tertiary/aromatic N) is 6. The standard InChI is InChI=1S/C35H40N8O4/c1-39-18-24(14-25(19-39)38-32-7-6-26(16-36-32)40-8-10-41(11-9-40)27-21-47-22-27)28-17-37-34(45)33(29(28)20-44)43-13-12-42-30-5-3-2-4-23(30)15-31(42)35(43)46/h6-7,12-18,27,44H,2-5,8-11,19-22H2,1H3,(H,36,38)(H,37,45). The number of likely N-dealkylation sites (N-methyl/N-ethyl adjacent to an activating group) is 1. The molecule has 1 aliphatic carbocycles. The summed E-state index contributed by atoms with van der Waals surface area (Å²) in [6, 6.07) is 6.63. The number of aliphatic hydroxyl groups excluding tert-OH is 1. The van der Waals surface area contributed by atoms with Gasteiger partial charge in [0.25, 0.3) is 11.1 Å². The normalized spacial score (nSPS) is 18.9. The monoisotopic (exact) mass is 636 g/mol. The molecule has 3 aliphatic heterocycles. The van der Waals surface area contributed by atoms with Gasteiger partial charge in [-0.05, 0) is 55.5 Å². The second-order valence-electron chi connectivity index (χ2n) is 13.0. The summed E-state index contributed by atoms with van der Waals surface area (Å²) >= 11 is 0. The Morgan fingerprint density at radius 2 is 1.91 bits per heavy atom. The SMILES string of the molecule is CN1C=C(c2c[nH]c(=O)c(-n3ccn4c5c(cc4c3=O)CCCC5)c2CO)C=C(Nc2ccc(N3CCN(C4COC4)CC3)cn2)C1. The van der Waals surface area contributed by atoms with Crippen molar-refractivity contribution in [2.24, 2.45) is 0 Å². The zero-order valence-electron chi connectivity index (χ0n) is 26.6. The summed E-state index contributed by atoms with van der Waals surface area (Å²) in [4.78, 5) is 41.5. The molecule has 3 N–H and O–H groups in total. The molecule has 0 aromatic carbocycles. The van der Waals surface area contributed by atoms with Crippen LogP contribution < -0.4 is 21.3 Å². The van der Waals surface area contributed by atoms with E-state index in [2.05, 4.69) is 26.2 Å². The number of ether oxygens (including phenoxy) is 1. The highest BCUT2D eigenvalue weighted by Gasteiger charge is 2.29. The van der Waals surface area contributed by atoms with Gasteiger partial charge in [0.1, 0.15) is 17.0 Å². The molecular weight excluding hydrogens is 596 g/mol. The summed E-state index contributed by atoms with van der Waals surface area (Å²) in [5.74, 6) is 0.735. The van der Waals surface area contributed by atoms with Gasteiger partial charge in [-0.1, -0.05) is 0 Å². The van der Waals surface area contributed by atoms with E-state index in [1.54, 1.807) is 12.4 Å². The lowest BCUT2D eigenvalue weighted by Gasteiger charge is -2.43. The topological polar surface area (TPSA) is 123 Å². The minimum absolute atomic E-state index is 0.132. The molecule has 244 valence electrons. The third-order valence-corrected chi connectivity index (χ3v) is 9.99. The first-order valence-electron chi connectivity index (χ1n) is 16.5. The van der Waals surface area contributed by atoms with Gasteiger partial charge in [-0.3, -0.25) is 19.1 Å². The van der Waals surface area contributed by atoms with Crippen LogP contribution in [-0.4, -0.2) is 92.9 Å². The quantitative estimate of drug-likeness (QED) is 0.281. The molecule has 4 aromatic heterocycles. The summed E-state index contributed by atoms with van der Waals surface area (Å²) < 4.78 is 8.69. The van der Waals surface area contributed by atoms with Crippen molar-refractivity contribution in [3.05, 3.63) is 104 Å². The first-order valence-corrected chi connectivity index (χ1v) is 16.5. The van der Waals surface area contributed by atoms with Gasteiger partial charge in [0.15, 0.2) is 0 Å². The Morgan fingerprint density at radius 1 is 1.09 bits per heavy atom. The number of piperazine rings is 1. The van der Waals surface area contributed by atoms with E-state index in [0.717, 1.165) is 87.9 Å². The summed E-state index contributed by atoms with van der Waals surface area (Å²) in [6.45, 7) is 5.91. The van der Waals surface area contributed by atoms with Crippen molar-refractivity contribution >= 4 is 22.6 Å². The molecule has 0 atom stereocenters. The Kier molecular flexibility index (Phi) is 7.70. The van der Waals surface area contributed by atoms with Crippen LogP contribution in [-0.2, 0) is 24.2 Å². The molecule has 47 heavy (non-hydrogen) atoms. The number of hydrogen-bond acceptors (Lipinski definition) is 9. The van der Waals surface area contributed by atoms with Crippen molar-refractivity contribution < 1.29 is 9.84 Å². The lowest BCUT2D eigenvalue weighted by molar-refractivity contribution is -0.0660. The third kappa shape index (κ3) is 5.45. The molecule has 0 amide bonds. The van der Waals surface area contributed by atoms with Crippen molar-refractivity contribution in [2.45, 2.75) is 38.3 Å². The molecule has 2 fully saturated rings. The first kappa shape index (κ1) is 29.7. The Morgan fingerprint density at radius 3 is 2.66 bits per heavy atom. The molecule has 2 saturated heterocycles. The number of anilines is 2. The fourth-order valence-corrected chi connectivity index (χ4v) is 7.43. The molecular formula is C35H40N8O4. The van der Waals surface area contributed by atoms with Crippen molar-refractivity contribution in [2.75, 3.05) is 63.2 Å². The number of aryl methyl sites for hydroxylation is 2. The van der Waals surface area contributed by atoms with Crippen molar-refractivity contribution in [3.8, 4) is 5.69 Å². The Bertz CT molecular complexity index is 1990. The number of nitrogens with one attached hydrogen (secondary N) is 2. The van der Waals surface area contributed by atoms with Gasteiger partial charge < -0.3 is 34.3 Å². The zero-order valence-corrected chi connectivity index (χ0v) is 26.6. The number of H-pyrrole nitrogens is 1. The summed E-state index contributed by atoms with van der Waals surface area (Å²) in [5.41, 5.74) is 6.17. The highest BCUT2D eigenvalue weighted by molar-refractivity contribution is 5.79. The number of hydrogen-bond donors (Lipinski definition) is 3. The van der Waals surface area contributed by atoms with Crippen molar-refractivity contribution in [3.63, 3.8) is 0 Å². The number of aliphatic hydroxyl groups is 1. The molecule has 0 saturated carbocycles. The Labute approximate surface area is 272 Å². The molecule has 7 heterocycles. The van der Waals surface area contributed by atoms with Gasteiger partial charge in [-0.15, -0.1) is 0 Å². The van der Waals surface area contributed by atoms with Gasteiger partial charge in [0.05, 0.1) is 44.3 Å². The maximum atomic E-state index is 13.8. The second-order valence-corrected chi connectivity index (χ2v) is 13.0. The Hall–Kier alpha value is -4.65. The smallest absolute Gasteiger partial charge is 0.279 e. The first-order chi connectivity index (χ1) is 23.0. The van der Waals surface area contributed by atoms with Crippen LogP contribution in [0.15, 0.2) is 70.5 Å². The van der Waals surface area contributed by atoms with Crippen LogP contribution >= 0.6 is 0 Å². The average Bonchev–Trinajstić information content (AvgIpc) is 3.44. The van der Waals surface area contributed by atoms with Gasteiger partial charge in [-0.25, -0.2) is 4.98 Å². The minimum Gasteiger partial charge on any atom is -0.392 e. The maximum Gasteiger partial charge on any atom is 0.279 e. The van der Waals surface area contributed by atoms with Gasteiger partial charge in [0, 0.05) is 86.1 Å². The predicted molar refractivity (Wildman–Crippen MR) is 181 cm³/mol.